The van der Waals surface area contributed by atoms with Gasteiger partial charge in [-0.1, -0.05) is 29.8 Å². The van der Waals surface area contributed by atoms with Crippen LogP contribution in [0, 0.1) is 6.92 Å². The van der Waals surface area contributed by atoms with Crippen molar-refractivity contribution in [3.63, 3.8) is 0 Å². The molecule has 6 nitrogen and oxygen atoms in total. The van der Waals surface area contributed by atoms with Crippen molar-refractivity contribution in [3.05, 3.63) is 88.2 Å². The van der Waals surface area contributed by atoms with Gasteiger partial charge in [0.25, 0.3) is 0 Å². The number of nitrogens with zero attached hydrogens (tertiary/aromatic N) is 6. The lowest BCUT2D eigenvalue weighted by Crippen LogP contribution is -2.21. The van der Waals surface area contributed by atoms with E-state index < -0.39 is 17.7 Å². The summed E-state index contributed by atoms with van der Waals surface area (Å²) in [7, 11) is 0. The van der Waals surface area contributed by atoms with Gasteiger partial charge in [0.2, 0.25) is 0 Å². The lowest BCUT2D eigenvalue weighted by atomic mass is 9.88. The van der Waals surface area contributed by atoms with Crippen LogP contribution in [0.15, 0.2) is 48.9 Å². The summed E-state index contributed by atoms with van der Waals surface area (Å²) in [6.07, 6.45) is 3.83. The molecule has 0 N–H and O–H groups in total. The van der Waals surface area contributed by atoms with Crippen molar-refractivity contribution in [1.82, 2.24) is 29.3 Å². The maximum atomic E-state index is 13.6. The monoisotopic (exact) mass is 484 g/mol. The first-order chi connectivity index (χ1) is 16.3. The van der Waals surface area contributed by atoms with Crippen molar-refractivity contribution in [2.45, 2.75) is 38.4 Å². The second-order valence-electron chi connectivity index (χ2n) is 8.13. The van der Waals surface area contributed by atoms with Crippen LogP contribution in [0.3, 0.4) is 0 Å². The molecule has 10 heteroatoms. The number of benzene rings is 1. The zero-order chi connectivity index (χ0) is 23.9. The molecule has 0 radical (unpaired) electrons. The third-order valence-electron chi connectivity index (χ3n) is 5.78. The molecule has 0 fully saturated rings. The van der Waals surface area contributed by atoms with E-state index >= 15 is 0 Å². The van der Waals surface area contributed by atoms with Crippen LogP contribution in [0.4, 0.5) is 13.2 Å². The van der Waals surface area contributed by atoms with Gasteiger partial charge < -0.3 is 4.57 Å². The molecule has 1 atom stereocenters. The first kappa shape index (κ1) is 22.3. The van der Waals surface area contributed by atoms with E-state index in [0.29, 0.717) is 41.1 Å². The van der Waals surface area contributed by atoms with Gasteiger partial charge in [-0.3, -0.25) is 0 Å². The maximum Gasteiger partial charge on any atom is 0.416 e. The Labute approximate surface area is 198 Å². The molecule has 5 rings (SSSR count). The fourth-order valence-electron chi connectivity index (χ4n) is 4.23. The third-order valence-corrected chi connectivity index (χ3v) is 6.05. The molecule has 3 aromatic heterocycles. The van der Waals surface area contributed by atoms with Crippen LogP contribution < -0.4 is 0 Å². The summed E-state index contributed by atoms with van der Waals surface area (Å²) in [5.41, 5.74) is 1.79. The van der Waals surface area contributed by atoms with Crippen LogP contribution in [0.25, 0.3) is 17.8 Å². The van der Waals surface area contributed by atoms with E-state index in [9.17, 15) is 13.2 Å². The predicted octanol–water partition coefficient (Wildman–Crippen LogP) is 5.94. The minimum Gasteiger partial charge on any atom is -0.303 e. The van der Waals surface area contributed by atoms with Crippen molar-refractivity contribution in [1.29, 1.82) is 0 Å². The highest BCUT2D eigenvalue weighted by atomic mass is 35.5. The molecule has 0 bridgehead atoms. The van der Waals surface area contributed by atoms with Crippen molar-refractivity contribution in [2.24, 2.45) is 0 Å². The Bertz CT molecular complexity index is 1370. The highest BCUT2D eigenvalue weighted by molar-refractivity contribution is 6.31. The van der Waals surface area contributed by atoms with E-state index in [1.807, 2.05) is 25.3 Å². The van der Waals surface area contributed by atoms with Gasteiger partial charge in [-0.25, -0.2) is 19.6 Å². The third kappa shape index (κ3) is 4.35. The minimum atomic E-state index is -4.42. The minimum absolute atomic E-state index is 0.234. The van der Waals surface area contributed by atoms with Gasteiger partial charge in [0.15, 0.2) is 11.0 Å². The summed E-state index contributed by atoms with van der Waals surface area (Å²) in [6, 6.07) is 9.34. The van der Waals surface area contributed by atoms with E-state index in [4.69, 9.17) is 11.6 Å². The second kappa shape index (κ2) is 8.72. The summed E-state index contributed by atoms with van der Waals surface area (Å²) in [5.74, 6) is 0.491. The van der Waals surface area contributed by atoms with Crippen LogP contribution in [-0.2, 0) is 12.7 Å². The first-order valence-corrected chi connectivity index (χ1v) is 11.1. The number of pyridine rings is 1. The van der Waals surface area contributed by atoms with Crippen molar-refractivity contribution in [3.8, 4) is 5.69 Å². The van der Waals surface area contributed by atoms with Gasteiger partial charge in [0, 0.05) is 18.7 Å². The number of hydrogen-bond acceptors (Lipinski definition) is 4. The molecule has 0 spiro atoms. The lowest BCUT2D eigenvalue weighted by molar-refractivity contribution is -0.138. The second-order valence-corrected chi connectivity index (χ2v) is 8.49. The summed E-state index contributed by atoms with van der Waals surface area (Å²) < 4.78 is 44.3. The molecule has 174 valence electrons. The van der Waals surface area contributed by atoms with E-state index in [1.165, 1.54) is 12.1 Å². The van der Waals surface area contributed by atoms with Crippen LogP contribution in [0.5, 0.6) is 0 Å². The number of halogens is 4. The van der Waals surface area contributed by atoms with Gasteiger partial charge in [-0.2, -0.15) is 18.3 Å². The Morgan fingerprint density at radius 1 is 1.09 bits per heavy atom. The molecule has 4 heterocycles. The SMILES string of the molecule is Cc1cn(-c2ccc(C=Cc3nc4n(n3)CCC[C@H]4c3ccccc3C(F)(F)F)nc2Cl)cn1. The molecule has 1 aliphatic heterocycles. The quantitative estimate of drug-likeness (QED) is 0.336. The average molecular weight is 485 g/mol. The van der Waals surface area contributed by atoms with Gasteiger partial charge in [0.1, 0.15) is 5.82 Å². The van der Waals surface area contributed by atoms with Crippen LogP contribution >= 0.6 is 11.6 Å². The zero-order valence-corrected chi connectivity index (χ0v) is 18.9. The predicted molar refractivity (Wildman–Crippen MR) is 123 cm³/mol. The standard InChI is InChI=1S/C24H20ClF3N6/c1-15-13-33(14-29-15)20-10-8-16(30-22(20)25)9-11-21-31-23-18(6-4-12-34(23)32-21)17-5-2-3-7-19(17)24(26,27)28/h2-3,5,7-11,13-14,18H,4,6,12H2,1H3/t18-/m0/s1. The lowest BCUT2D eigenvalue weighted by Gasteiger charge is -2.25. The fraction of sp³-hybridized carbons (Fsp3) is 0.250. The number of aryl methyl sites for hydroxylation is 2. The van der Waals surface area contributed by atoms with Gasteiger partial charge in [-0.15, -0.1) is 0 Å². The highest BCUT2D eigenvalue weighted by Gasteiger charge is 2.37. The molecule has 0 saturated carbocycles. The number of hydrogen-bond donors (Lipinski definition) is 0. The maximum absolute atomic E-state index is 13.6. The molecule has 0 aliphatic carbocycles. The highest BCUT2D eigenvalue weighted by Crippen LogP contribution is 2.40. The van der Waals surface area contributed by atoms with Crippen molar-refractivity contribution in [2.75, 3.05) is 0 Å². The molecular formula is C24H20ClF3N6. The van der Waals surface area contributed by atoms with Crippen LogP contribution in [-0.4, -0.2) is 29.3 Å². The molecule has 1 aliphatic rings. The summed E-state index contributed by atoms with van der Waals surface area (Å²) in [6.45, 7) is 2.50. The topological polar surface area (TPSA) is 61.4 Å². The van der Waals surface area contributed by atoms with Crippen LogP contribution in [0.2, 0.25) is 5.15 Å². The summed E-state index contributed by atoms with van der Waals surface area (Å²) in [5, 5.41) is 4.81. The number of fused-ring (bicyclic) bond motifs is 1. The normalized spacial score (nSPS) is 16.2. The van der Waals surface area contributed by atoms with E-state index in [-0.39, 0.29) is 5.56 Å². The first-order valence-electron chi connectivity index (χ1n) is 10.8. The van der Waals surface area contributed by atoms with Crippen molar-refractivity contribution < 1.29 is 13.2 Å². The Kier molecular flexibility index (Phi) is 5.73. The Balaban J connectivity index is 1.42. The number of rotatable bonds is 4. The largest absolute Gasteiger partial charge is 0.416 e. The number of imidazole rings is 1. The molecule has 1 aromatic carbocycles. The summed E-state index contributed by atoms with van der Waals surface area (Å²) >= 11 is 6.36. The van der Waals surface area contributed by atoms with E-state index in [0.717, 1.165) is 18.2 Å². The molecule has 0 amide bonds. The molecular weight excluding hydrogens is 465 g/mol. The van der Waals surface area contributed by atoms with E-state index in [1.54, 1.807) is 33.8 Å². The van der Waals surface area contributed by atoms with Crippen LogP contribution in [0.1, 0.15) is 52.9 Å². The molecule has 0 unspecified atom stereocenters. The molecule has 4 aromatic rings. The Hall–Kier alpha value is -3.46. The van der Waals surface area contributed by atoms with E-state index in [2.05, 4.69) is 20.1 Å². The van der Waals surface area contributed by atoms with Gasteiger partial charge in [-0.05, 0) is 55.7 Å². The fourth-order valence-corrected chi connectivity index (χ4v) is 4.49. The van der Waals surface area contributed by atoms with Gasteiger partial charge in [0.05, 0.1) is 29.0 Å². The molecule has 0 saturated heterocycles. The Morgan fingerprint density at radius 3 is 2.65 bits per heavy atom. The van der Waals surface area contributed by atoms with Gasteiger partial charge >= 0.3 is 6.18 Å². The summed E-state index contributed by atoms with van der Waals surface area (Å²) in [4.78, 5) is 13.2. The van der Waals surface area contributed by atoms with Crippen molar-refractivity contribution >= 4 is 23.8 Å². The molecule has 34 heavy (non-hydrogen) atoms. The number of alkyl halides is 3. The Morgan fingerprint density at radius 2 is 1.91 bits per heavy atom. The number of aromatic nitrogens is 6. The average Bonchev–Trinajstić information content (AvgIpc) is 3.43. The zero-order valence-electron chi connectivity index (χ0n) is 18.2. The smallest absolute Gasteiger partial charge is 0.303 e.